The largest absolute Gasteiger partial charge is 0.462 e. The number of esters is 1. The fourth-order valence-corrected chi connectivity index (χ4v) is 2.27. The first-order chi connectivity index (χ1) is 10.0. The minimum atomic E-state index is -1.05. The Hall–Kier alpha value is -2.44. The molecule has 0 amide bonds. The first-order valence-electron chi connectivity index (χ1n) is 6.67. The smallest absolute Gasteiger partial charge is 0.343 e. The molecule has 0 aliphatic heterocycles. The van der Waals surface area contributed by atoms with Gasteiger partial charge in [-0.2, -0.15) is 0 Å². The van der Waals surface area contributed by atoms with Crippen molar-refractivity contribution in [2.45, 2.75) is 25.8 Å². The van der Waals surface area contributed by atoms with Crippen molar-refractivity contribution in [2.75, 3.05) is 6.61 Å². The lowest BCUT2D eigenvalue weighted by Gasteiger charge is -2.11. The van der Waals surface area contributed by atoms with Crippen LogP contribution in [0.4, 0.5) is 4.39 Å². The molecule has 0 saturated heterocycles. The molecule has 0 bridgehead atoms. The maximum atomic E-state index is 13.4. The van der Waals surface area contributed by atoms with E-state index >= 15 is 0 Å². The summed E-state index contributed by atoms with van der Waals surface area (Å²) in [5.41, 5.74) is -1.44. The summed E-state index contributed by atoms with van der Waals surface area (Å²) in [7, 11) is 0. The van der Waals surface area contributed by atoms with Crippen LogP contribution in [0.15, 0.2) is 21.9 Å². The normalized spacial score (nSPS) is 14.4. The van der Waals surface area contributed by atoms with Crippen LogP contribution in [0.3, 0.4) is 0 Å². The summed E-state index contributed by atoms with van der Waals surface area (Å²) in [6, 6.07) is 0.973. The summed E-state index contributed by atoms with van der Waals surface area (Å²) in [4.78, 5) is 37.9. The molecule has 6 nitrogen and oxygen atoms in total. The van der Waals surface area contributed by atoms with Gasteiger partial charge in [-0.05, 0) is 25.8 Å². The number of hydrogen-bond acceptors (Lipinski definition) is 4. The number of pyridine rings is 2. The molecule has 0 unspecified atom stereocenters. The summed E-state index contributed by atoms with van der Waals surface area (Å²) in [6.45, 7) is 1.77. The molecule has 1 N–H and O–H groups in total. The molecule has 2 aromatic rings. The molecule has 0 radical (unpaired) electrons. The summed E-state index contributed by atoms with van der Waals surface area (Å²) in [6.07, 6.45) is 3.13. The highest BCUT2D eigenvalue weighted by Gasteiger charge is 2.27. The molecule has 1 aliphatic carbocycles. The number of halogens is 1. The van der Waals surface area contributed by atoms with E-state index in [1.54, 1.807) is 11.5 Å². The molecule has 1 fully saturated rings. The third-order valence-electron chi connectivity index (χ3n) is 3.43. The number of fused-ring (bicyclic) bond motifs is 1. The Morgan fingerprint density at radius 3 is 2.81 bits per heavy atom. The van der Waals surface area contributed by atoms with Crippen LogP contribution in [0, 0.1) is 5.82 Å². The molecule has 2 heterocycles. The highest BCUT2D eigenvalue weighted by molar-refractivity contribution is 5.93. The molecule has 2 aromatic heterocycles. The van der Waals surface area contributed by atoms with Crippen LogP contribution in [0.1, 0.15) is 36.2 Å². The minimum absolute atomic E-state index is 0.0236. The minimum Gasteiger partial charge on any atom is -0.462 e. The first kappa shape index (κ1) is 13.5. The molecule has 21 heavy (non-hydrogen) atoms. The van der Waals surface area contributed by atoms with Crippen LogP contribution < -0.4 is 11.0 Å². The molecule has 1 aliphatic rings. The van der Waals surface area contributed by atoms with Crippen LogP contribution in [0.25, 0.3) is 11.0 Å². The van der Waals surface area contributed by atoms with Crippen LogP contribution in [0.2, 0.25) is 0 Å². The van der Waals surface area contributed by atoms with Gasteiger partial charge in [0.05, 0.1) is 12.0 Å². The van der Waals surface area contributed by atoms with E-state index in [-0.39, 0.29) is 29.2 Å². The van der Waals surface area contributed by atoms with Crippen molar-refractivity contribution in [1.29, 1.82) is 0 Å². The fraction of sp³-hybridized carbons (Fsp3) is 0.357. The zero-order valence-corrected chi connectivity index (χ0v) is 11.3. The van der Waals surface area contributed by atoms with Crippen molar-refractivity contribution in [3.05, 3.63) is 44.2 Å². The standard InChI is InChI=1S/C14H13FN2O4/c1-2-21-14(20)9-6-17(7-3-4-7)12-8(11(9)18)5-10(15)13(19)16-12/h5-7H,2-4H2,1H3,(H,16,19). The number of rotatable bonds is 3. The van der Waals surface area contributed by atoms with Gasteiger partial charge in [0.25, 0.3) is 5.56 Å². The predicted octanol–water partition coefficient (Wildman–Crippen LogP) is 1.34. The summed E-state index contributed by atoms with van der Waals surface area (Å²) in [5.74, 6) is -1.80. The Balaban J connectivity index is 2.34. The van der Waals surface area contributed by atoms with Crippen LogP contribution in [0.5, 0.6) is 0 Å². The average Bonchev–Trinajstić information content (AvgIpc) is 3.26. The number of H-pyrrole nitrogens is 1. The van der Waals surface area contributed by atoms with Gasteiger partial charge >= 0.3 is 5.97 Å². The van der Waals surface area contributed by atoms with E-state index in [0.717, 1.165) is 18.9 Å². The second kappa shape index (κ2) is 4.83. The first-order valence-corrected chi connectivity index (χ1v) is 6.67. The van der Waals surface area contributed by atoms with E-state index in [2.05, 4.69) is 4.98 Å². The Bertz CT molecular complexity index is 848. The van der Waals surface area contributed by atoms with Gasteiger partial charge in [-0.1, -0.05) is 0 Å². The summed E-state index contributed by atoms with van der Waals surface area (Å²) < 4.78 is 19.9. The van der Waals surface area contributed by atoms with Crippen molar-refractivity contribution < 1.29 is 13.9 Å². The van der Waals surface area contributed by atoms with Gasteiger partial charge in [0.1, 0.15) is 11.2 Å². The maximum absolute atomic E-state index is 13.4. The topological polar surface area (TPSA) is 81.2 Å². The molecule has 0 atom stereocenters. The van der Waals surface area contributed by atoms with Crippen molar-refractivity contribution in [3.8, 4) is 0 Å². The average molecular weight is 292 g/mol. The van der Waals surface area contributed by atoms with Crippen molar-refractivity contribution in [1.82, 2.24) is 9.55 Å². The van der Waals surface area contributed by atoms with E-state index in [1.807, 2.05) is 0 Å². The number of nitrogens with zero attached hydrogens (tertiary/aromatic N) is 1. The second-order valence-corrected chi connectivity index (χ2v) is 4.94. The molecule has 0 spiro atoms. The Morgan fingerprint density at radius 1 is 1.48 bits per heavy atom. The van der Waals surface area contributed by atoms with Crippen LogP contribution in [-0.2, 0) is 4.74 Å². The Morgan fingerprint density at radius 2 is 2.19 bits per heavy atom. The quantitative estimate of drug-likeness (QED) is 0.866. The molecule has 1 saturated carbocycles. The van der Waals surface area contributed by atoms with E-state index < -0.39 is 22.8 Å². The Labute approximate surface area is 118 Å². The SMILES string of the molecule is CCOC(=O)c1cn(C2CC2)c2[nH]c(=O)c(F)cc2c1=O. The predicted molar refractivity (Wildman–Crippen MR) is 73.0 cm³/mol. The lowest BCUT2D eigenvalue weighted by atomic mass is 10.2. The van der Waals surface area contributed by atoms with Gasteiger partial charge in [-0.3, -0.25) is 9.59 Å². The number of carbonyl (C=O) groups is 1. The zero-order chi connectivity index (χ0) is 15.1. The van der Waals surface area contributed by atoms with Gasteiger partial charge in [-0.25, -0.2) is 9.18 Å². The van der Waals surface area contributed by atoms with E-state index in [0.29, 0.717) is 0 Å². The van der Waals surface area contributed by atoms with Crippen LogP contribution >= 0.6 is 0 Å². The third-order valence-corrected chi connectivity index (χ3v) is 3.43. The highest BCUT2D eigenvalue weighted by Crippen LogP contribution is 2.36. The molecule has 3 rings (SSSR count). The molecular formula is C14H13FN2O4. The van der Waals surface area contributed by atoms with E-state index in [1.165, 1.54) is 6.20 Å². The number of aromatic amines is 1. The lowest BCUT2D eigenvalue weighted by Crippen LogP contribution is -2.24. The maximum Gasteiger partial charge on any atom is 0.343 e. The highest BCUT2D eigenvalue weighted by atomic mass is 19.1. The van der Waals surface area contributed by atoms with Gasteiger partial charge in [0, 0.05) is 12.2 Å². The van der Waals surface area contributed by atoms with Gasteiger partial charge in [0.2, 0.25) is 5.43 Å². The van der Waals surface area contributed by atoms with E-state index in [9.17, 15) is 18.8 Å². The molecule has 0 aromatic carbocycles. The fourth-order valence-electron chi connectivity index (χ4n) is 2.27. The van der Waals surface area contributed by atoms with Crippen molar-refractivity contribution >= 4 is 17.0 Å². The van der Waals surface area contributed by atoms with Crippen LogP contribution in [-0.4, -0.2) is 22.1 Å². The van der Waals surface area contributed by atoms with Gasteiger partial charge in [-0.15, -0.1) is 0 Å². The van der Waals surface area contributed by atoms with E-state index in [4.69, 9.17) is 4.74 Å². The number of ether oxygens (including phenoxy) is 1. The second-order valence-electron chi connectivity index (χ2n) is 4.94. The van der Waals surface area contributed by atoms with Crippen molar-refractivity contribution in [3.63, 3.8) is 0 Å². The lowest BCUT2D eigenvalue weighted by molar-refractivity contribution is 0.0524. The van der Waals surface area contributed by atoms with Gasteiger partial charge < -0.3 is 14.3 Å². The molecule has 110 valence electrons. The van der Waals surface area contributed by atoms with Gasteiger partial charge in [0.15, 0.2) is 5.82 Å². The number of aromatic nitrogens is 2. The Kier molecular flexibility index (Phi) is 3.12. The number of hydrogen-bond donors (Lipinski definition) is 1. The number of carbonyl (C=O) groups excluding carboxylic acids is 1. The zero-order valence-electron chi connectivity index (χ0n) is 11.3. The summed E-state index contributed by atoms with van der Waals surface area (Å²) >= 11 is 0. The monoisotopic (exact) mass is 292 g/mol. The molecule has 7 heteroatoms. The molecular weight excluding hydrogens is 279 g/mol. The number of nitrogens with one attached hydrogen (secondary N) is 1. The summed E-state index contributed by atoms with van der Waals surface area (Å²) in [5, 5.41) is -0.0236. The third kappa shape index (κ3) is 2.24. The van der Waals surface area contributed by atoms with Crippen molar-refractivity contribution in [2.24, 2.45) is 0 Å².